The number of halogens is 1. The lowest BCUT2D eigenvalue weighted by Gasteiger charge is -2.11. The van der Waals surface area contributed by atoms with Gasteiger partial charge in [-0.1, -0.05) is 17.7 Å². The van der Waals surface area contributed by atoms with E-state index in [1.807, 2.05) is 19.1 Å². The van der Waals surface area contributed by atoms with Gasteiger partial charge in [-0.05, 0) is 38.8 Å². The van der Waals surface area contributed by atoms with E-state index >= 15 is 0 Å². The monoisotopic (exact) mass is 488 g/mol. The van der Waals surface area contributed by atoms with E-state index in [4.69, 9.17) is 4.74 Å². The number of benzene rings is 1. The van der Waals surface area contributed by atoms with E-state index in [1.165, 1.54) is 5.56 Å². The molecule has 0 atom stereocenters. The molecule has 0 saturated heterocycles. The summed E-state index contributed by atoms with van der Waals surface area (Å²) in [5.41, 5.74) is 2.39. The highest BCUT2D eigenvalue weighted by molar-refractivity contribution is 14.0. The minimum atomic E-state index is 0. The van der Waals surface area contributed by atoms with Crippen LogP contribution in [0.2, 0.25) is 0 Å². The predicted octanol–water partition coefficient (Wildman–Crippen LogP) is 3.94. The third kappa shape index (κ3) is 8.84. The fourth-order valence-corrected chi connectivity index (χ4v) is 2.96. The summed E-state index contributed by atoms with van der Waals surface area (Å²) >= 11 is 1.69. The van der Waals surface area contributed by atoms with Crippen LogP contribution < -0.4 is 15.4 Å². The second-order valence-electron chi connectivity index (χ2n) is 5.90. The Labute approximate surface area is 177 Å². The quantitative estimate of drug-likeness (QED) is 0.243. The van der Waals surface area contributed by atoms with Crippen LogP contribution in [0.3, 0.4) is 0 Å². The molecule has 2 aromatic rings. The Morgan fingerprint density at radius 2 is 1.85 bits per heavy atom. The van der Waals surface area contributed by atoms with Crippen LogP contribution >= 0.6 is 35.3 Å². The first-order valence-electron chi connectivity index (χ1n) is 8.72. The van der Waals surface area contributed by atoms with Gasteiger partial charge in [-0.2, -0.15) is 0 Å². The summed E-state index contributed by atoms with van der Waals surface area (Å²) in [6.45, 7) is 6.56. The number of ether oxygens (including phenoxy) is 1. The molecule has 1 aromatic heterocycles. The van der Waals surface area contributed by atoms with Crippen molar-refractivity contribution < 1.29 is 4.74 Å². The van der Waals surface area contributed by atoms with Gasteiger partial charge >= 0.3 is 0 Å². The summed E-state index contributed by atoms with van der Waals surface area (Å²) in [4.78, 5) is 8.71. The van der Waals surface area contributed by atoms with Gasteiger partial charge in [0.2, 0.25) is 0 Å². The van der Waals surface area contributed by atoms with E-state index in [0.29, 0.717) is 0 Å². The lowest BCUT2D eigenvalue weighted by atomic mass is 10.2. The molecule has 2 N–H and O–H groups in total. The fourth-order valence-electron chi connectivity index (χ4n) is 2.31. The Hall–Kier alpha value is -1.35. The molecule has 0 spiro atoms. The first-order valence-corrected chi connectivity index (χ1v) is 9.60. The molecule has 0 aliphatic carbocycles. The summed E-state index contributed by atoms with van der Waals surface area (Å²) in [5.74, 6) is 1.78. The zero-order valence-corrected chi connectivity index (χ0v) is 18.9. The molecular formula is C19H29IN4OS. The minimum absolute atomic E-state index is 0. The molecule has 7 heteroatoms. The summed E-state index contributed by atoms with van der Waals surface area (Å²) in [5, 5.41) is 9.88. The van der Waals surface area contributed by atoms with Gasteiger partial charge in [-0.3, -0.25) is 4.99 Å². The number of nitrogens with zero attached hydrogens (tertiary/aromatic N) is 2. The largest absolute Gasteiger partial charge is 0.494 e. The van der Waals surface area contributed by atoms with Gasteiger partial charge in [-0.25, -0.2) is 4.98 Å². The van der Waals surface area contributed by atoms with E-state index in [2.05, 4.69) is 45.0 Å². The van der Waals surface area contributed by atoms with E-state index in [9.17, 15) is 0 Å². The zero-order chi connectivity index (χ0) is 17.9. The van der Waals surface area contributed by atoms with E-state index < -0.39 is 0 Å². The van der Waals surface area contributed by atoms with Crippen molar-refractivity contribution in [1.82, 2.24) is 15.6 Å². The number of rotatable bonds is 9. The van der Waals surface area contributed by atoms with E-state index in [0.717, 1.165) is 61.4 Å². The van der Waals surface area contributed by atoms with Crippen LogP contribution in [0.15, 0.2) is 34.6 Å². The van der Waals surface area contributed by atoms with Crippen LogP contribution in [0.1, 0.15) is 29.1 Å². The number of guanidine groups is 1. The number of aliphatic imine (C=N–C) groups is 1. The number of thiazole rings is 1. The third-order valence-corrected chi connectivity index (χ3v) is 4.54. The Kier molecular flexibility index (Phi) is 11.3. The highest BCUT2D eigenvalue weighted by atomic mass is 127. The average Bonchev–Trinajstić information content (AvgIpc) is 3.03. The number of unbranched alkanes of at least 4 members (excludes halogenated alkanes) is 1. The van der Waals surface area contributed by atoms with Crippen molar-refractivity contribution in [2.75, 3.05) is 26.7 Å². The molecule has 2 rings (SSSR count). The molecular weight excluding hydrogens is 459 g/mol. The highest BCUT2D eigenvalue weighted by Gasteiger charge is 2.00. The molecule has 0 unspecified atom stereocenters. The van der Waals surface area contributed by atoms with Gasteiger partial charge in [0.25, 0.3) is 0 Å². The smallest absolute Gasteiger partial charge is 0.190 e. The van der Waals surface area contributed by atoms with Gasteiger partial charge in [0.1, 0.15) is 5.75 Å². The molecule has 1 aromatic carbocycles. The molecule has 0 saturated carbocycles. The Balaban J connectivity index is 0.00000338. The minimum Gasteiger partial charge on any atom is -0.494 e. The first kappa shape index (κ1) is 22.7. The molecule has 26 heavy (non-hydrogen) atoms. The maximum absolute atomic E-state index is 5.73. The second-order valence-corrected chi connectivity index (χ2v) is 6.96. The maximum Gasteiger partial charge on any atom is 0.190 e. The second kappa shape index (κ2) is 12.9. The molecule has 0 fully saturated rings. The topological polar surface area (TPSA) is 58.5 Å². The molecule has 0 aliphatic rings. The van der Waals surface area contributed by atoms with Crippen molar-refractivity contribution in [3.05, 3.63) is 45.9 Å². The van der Waals surface area contributed by atoms with Crippen molar-refractivity contribution >= 4 is 41.3 Å². The number of hydrogen-bond donors (Lipinski definition) is 2. The van der Waals surface area contributed by atoms with Gasteiger partial charge in [0.15, 0.2) is 5.96 Å². The molecule has 144 valence electrons. The van der Waals surface area contributed by atoms with Crippen LogP contribution in [0.25, 0.3) is 0 Å². The van der Waals surface area contributed by atoms with Crippen molar-refractivity contribution in [2.45, 2.75) is 33.1 Å². The first-order chi connectivity index (χ1) is 12.2. The molecule has 0 radical (unpaired) electrons. The van der Waals surface area contributed by atoms with Crippen molar-refractivity contribution in [3.8, 4) is 5.75 Å². The Morgan fingerprint density at radius 3 is 2.50 bits per heavy atom. The normalized spacial score (nSPS) is 11.0. The number of hydrogen-bond acceptors (Lipinski definition) is 4. The summed E-state index contributed by atoms with van der Waals surface area (Å²) in [6, 6.07) is 8.17. The summed E-state index contributed by atoms with van der Waals surface area (Å²) in [6.07, 6.45) is 2.96. The molecule has 0 aliphatic heterocycles. The lowest BCUT2D eigenvalue weighted by molar-refractivity contribution is 0.307. The van der Waals surface area contributed by atoms with Crippen LogP contribution in [0.5, 0.6) is 5.75 Å². The van der Waals surface area contributed by atoms with E-state index in [-0.39, 0.29) is 24.0 Å². The number of aryl methyl sites for hydroxylation is 2. The van der Waals surface area contributed by atoms with Crippen LogP contribution in [0.4, 0.5) is 0 Å². The van der Waals surface area contributed by atoms with Crippen LogP contribution in [-0.2, 0) is 6.42 Å². The lowest BCUT2D eigenvalue weighted by Crippen LogP contribution is -2.38. The van der Waals surface area contributed by atoms with Crippen molar-refractivity contribution in [1.29, 1.82) is 0 Å². The molecule has 0 amide bonds. The van der Waals surface area contributed by atoms with Gasteiger partial charge < -0.3 is 15.4 Å². The fraction of sp³-hybridized carbons (Fsp3) is 0.474. The standard InChI is InChI=1S/C19H28N4OS.HI/c1-15-6-8-18(9-7-15)24-13-5-4-11-21-19(20-3)22-12-10-17-14-25-16(2)23-17;/h6-9,14H,4-5,10-13H2,1-3H3,(H2,20,21,22);1H. The van der Waals surface area contributed by atoms with Gasteiger partial charge in [-0.15, -0.1) is 35.3 Å². The van der Waals surface area contributed by atoms with Crippen LogP contribution in [0, 0.1) is 13.8 Å². The van der Waals surface area contributed by atoms with Crippen molar-refractivity contribution in [2.24, 2.45) is 4.99 Å². The van der Waals surface area contributed by atoms with Crippen molar-refractivity contribution in [3.63, 3.8) is 0 Å². The van der Waals surface area contributed by atoms with E-state index in [1.54, 1.807) is 18.4 Å². The maximum atomic E-state index is 5.73. The van der Waals surface area contributed by atoms with Gasteiger partial charge in [0.05, 0.1) is 17.3 Å². The third-order valence-electron chi connectivity index (χ3n) is 3.72. The Morgan fingerprint density at radius 1 is 1.12 bits per heavy atom. The highest BCUT2D eigenvalue weighted by Crippen LogP contribution is 2.11. The van der Waals surface area contributed by atoms with Gasteiger partial charge in [0, 0.05) is 31.9 Å². The number of aromatic nitrogens is 1. The summed E-state index contributed by atoms with van der Waals surface area (Å²) < 4.78 is 5.73. The zero-order valence-electron chi connectivity index (χ0n) is 15.7. The van der Waals surface area contributed by atoms with Crippen LogP contribution in [-0.4, -0.2) is 37.7 Å². The SMILES string of the molecule is CN=C(NCCCCOc1ccc(C)cc1)NCCc1csc(C)n1.I. The Bertz CT molecular complexity index is 658. The molecule has 5 nitrogen and oxygen atoms in total. The number of nitrogens with one attached hydrogen (secondary N) is 2. The molecule has 0 bridgehead atoms. The molecule has 1 heterocycles. The summed E-state index contributed by atoms with van der Waals surface area (Å²) in [7, 11) is 1.79. The average molecular weight is 488 g/mol. The predicted molar refractivity (Wildman–Crippen MR) is 121 cm³/mol.